The van der Waals surface area contributed by atoms with Crippen LogP contribution in [0.15, 0.2) is 24.3 Å². The third kappa shape index (κ3) is 3.09. The molecule has 1 heterocycles. The Morgan fingerprint density at radius 3 is 2.62 bits per heavy atom. The highest BCUT2D eigenvalue weighted by molar-refractivity contribution is 5.46. The van der Waals surface area contributed by atoms with E-state index in [0.717, 1.165) is 30.2 Å². The van der Waals surface area contributed by atoms with Gasteiger partial charge in [-0.3, -0.25) is 0 Å². The maximum absolute atomic E-state index is 6.03. The Morgan fingerprint density at radius 1 is 1.10 bits per heavy atom. The summed E-state index contributed by atoms with van der Waals surface area (Å²) in [5.41, 5.74) is 8.10. The molecule has 1 aliphatic rings. The molecule has 0 spiro atoms. The Kier molecular flexibility index (Phi) is 4.23. The maximum Gasteiger partial charge on any atom is 0.133 e. The first-order valence-corrected chi connectivity index (χ1v) is 7.99. The van der Waals surface area contributed by atoms with E-state index in [1.54, 1.807) is 0 Å². The van der Waals surface area contributed by atoms with Gasteiger partial charge in [-0.15, -0.1) is 10.2 Å². The number of rotatable bonds is 4. The molecule has 1 fully saturated rings. The fraction of sp³-hybridized carbons (Fsp3) is 0.529. The van der Waals surface area contributed by atoms with Gasteiger partial charge >= 0.3 is 0 Å². The van der Waals surface area contributed by atoms with Gasteiger partial charge in [0, 0.05) is 18.2 Å². The fourth-order valence-corrected chi connectivity index (χ4v) is 3.41. The highest BCUT2D eigenvalue weighted by atomic mass is 15.3. The molecule has 4 nitrogen and oxygen atoms in total. The van der Waals surface area contributed by atoms with Gasteiger partial charge in [0.15, 0.2) is 0 Å². The average molecular weight is 284 g/mol. The van der Waals surface area contributed by atoms with Crippen LogP contribution in [0.5, 0.6) is 0 Å². The van der Waals surface area contributed by atoms with Crippen LogP contribution in [-0.2, 0) is 12.8 Å². The minimum Gasteiger partial charge on any atom is -0.399 e. The second-order valence-electron chi connectivity index (χ2n) is 6.02. The molecule has 21 heavy (non-hydrogen) atoms. The van der Waals surface area contributed by atoms with Crippen LogP contribution in [0.25, 0.3) is 0 Å². The first kappa shape index (κ1) is 14.1. The van der Waals surface area contributed by atoms with Crippen LogP contribution < -0.4 is 5.73 Å². The van der Waals surface area contributed by atoms with E-state index in [-0.39, 0.29) is 0 Å². The topological polar surface area (TPSA) is 56.7 Å². The zero-order chi connectivity index (χ0) is 14.7. The quantitative estimate of drug-likeness (QED) is 0.875. The summed E-state index contributed by atoms with van der Waals surface area (Å²) in [4.78, 5) is 0. The average Bonchev–Trinajstić information content (AvgIpc) is 2.88. The summed E-state index contributed by atoms with van der Waals surface area (Å²) >= 11 is 0. The Bertz CT molecular complexity index is 597. The standard InChI is InChI=1S/C17H24N4/c1-13-19-20-17(21(13)15-8-3-2-4-9-15)12-11-14-7-5-6-10-16(14)18/h5-7,10,15H,2-4,8-9,11-12,18H2,1H3. The molecule has 0 aliphatic heterocycles. The van der Waals surface area contributed by atoms with Gasteiger partial charge in [-0.25, -0.2) is 0 Å². The lowest BCUT2D eigenvalue weighted by atomic mass is 9.95. The number of aromatic nitrogens is 3. The third-order valence-corrected chi connectivity index (χ3v) is 4.55. The van der Waals surface area contributed by atoms with Crippen LogP contribution in [0.3, 0.4) is 0 Å². The normalized spacial score (nSPS) is 16.2. The number of para-hydroxylation sites is 1. The van der Waals surface area contributed by atoms with Crippen LogP contribution in [0.4, 0.5) is 5.69 Å². The summed E-state index contributed by atoms with van der Waals surface area (Å²) in [5, 5.41) is 8.72. The number of nitrogens with zero attached hydrogens (tertiary/aromatic N) is 3. The van der Waals surface area contributed by atoms with Gasteiger partial charge < -0.3 is 10.3 Å². The van der Waals surface area contributed by atoms with E-state index in [0.29, 0.717) is 6.04 Å². The van der Waals surface area contributed by atoms with Gasteiger partial charge in [0.2, 0.25) is 0 Å². The van der Waals surface area contributed by atoms with Crippen molar-refractivity contribution >= 4 is 5.69 Å². The van der Waals surface area contributed by atoms with Crippen molar-refractivity contribution in [1.82, 2.24) is 14.8 Å². The van der Waals surface area contributed by atoms with Crippen LogP contribution in [0.2, 0.25) is 0 Å². The molecular weight excluding hydrogens is 260 g/mol. The van der Waals surface area contributed by atoms with Crippen molar-refractivity contribution in [2.45, 2.75) is 57.9 Å². The van der Waals surface area contributed by atoms with E-state index < -0.39 is 0 Å². The molecule has 1 aromatic heterocycles. The number of aryl methyl sites for hydroxylation is 3. The summed E-state index contributed by atoms with van der Waals surface area (Å²) in [7, 11) is 0. The molecule has 0 unspecified atom stereocenters. The first-order valence-electron chi connectivity index (χ1n) is 7.99. The SMILES string of the molecule is Cc1nnc(CCc2ccccc2N)n1C1CCCCC1. The van der Waals surface area contributed by atoms with Crippen LogP contribution >= 0.6 is 0 Å². The molecule has 1 aromatic carbocycles. The largest absolute Gasteiger partial charge is 0.399 e. The highest BCUT2D eigenvalue weighted by Crippen LogP contribution is 2.30. The van der Waals surface area contributed by atoms with Crippen LogP contribution in [0.1, 0.15) is 55.4 Å². The van der Waals surface area contributed by atoms with Crippen LogP contribution in [0, 0.1) is 6.92 Å². The molecule has 3 rings (SSSR count). The second-order valence-corrected chi connectivity index (χ2v) is 6.02. The smallest absolute Gasteiger partial charge is 0.133 e. The Balaban J connectivity index is 1.75. The van der Waals surface area contributed by atoms with E-state index in [4.69, 9.17) is 5.73 Å². The Hall–Kier alpha value is -1.84. The lowest BCUT2D eigenvalue weighted by Crippen LogP contribution is -2.17. The van der Waals surface area contributed by atoms with E-state index in [9.17, 15) is 0 Å². The zero-order valence-corrected chi connectivity index (χ0v) is 12.8. The van der Waals surface area contributed by atoms with Gasteiger partial charge in [-0.1, -0.05) is 37.5 Å². The molecule has 0 bridgehead atoms. The first-order chi connectivity index (χ1) is 10.3. The molecule has 0 amide bonds. The Morgan fingerprint density at radius 2 is 1.86 bits per heavy atom. The third-order valence-electron chi connectivity index (χ3n) is 4.55. The summed E-state index contributed by atoms with van der Waals surface area (Å²) in [6.07, 6.45) is 8.38. The van der Waals surface area contributed by atoms with E-state index >= 15 is 0 Å². The molecular formula is C17H24N4. The monoisotopic (exact) mass is 284 g/mol. The maximum atomic E-state index is 6.03. The van der Waals surface area contributed by atoms with Crippen molar-refractivity contribution in [3.8, 4) is 0 Å². The van der Waals surface area contributed by atoms with Gasteiger partial charge in [0.1, 0.15) is 11.6 Å². The fourth-order valence-electron chi connectivity index (χ4n) is 3.41. The number of nitrogens with two attached hydrogens (primary N) is 1. The molecule has 2 N–H and O–H groups in total. The lowest BCUT2D eigenvalue weighted by Gasteiger charge is -2.25. The molecule has 2 aromatic rings. The Labute approximate surface area is 126 Å². The number of hydrogen-bond acceptors (Lipinski definition) is 3. The summed E-state index contributed by atoms with van der Waals surface area (Å²) in [6, 6.07) is 8.68. The molecule has 1 saturated carbocycles. The number of benzene rings is 1. The molecule has 0 saturated heterocycles. The summed E-state index contributed by atoms with van der Waals surface area (Å²) in [6.45, 7) is 2.07. The summed E-state index contributed by atoms with van der Waals surface area (Å²) in [5.74, 6) is 2.17. The molecule has 4 heteroatoms. The summed E-state index contributed by atoms with van der Waals surface area (Å²) < 4.78 is 2.37. The van der Waals surface area contributed by atoms with E-state index in [2.05, 4.69) is 27.8 Å². The number of hydrogen-bond donors (Lipinski definition) is 1. The lowest BCUT2D eigenvalue weighted by molar-refractivity contribution is 0.340. The van der Waals surface area contributed by atoms with E-state index in [1.165, 1.54) is 37.7 Å². The van der Waals surface area contributed by atoms with Crippen molar-refractivity contribution in [1.29, 1.82) is 0 Å². The zero-order valence-electron chi connectivity index (χ0n) is 12.8. The molecule has 112 valence electrons. The van der Waals surface area contributed by atoms with Crippen molar-refractivity contribution < 1.29 is 0 Å². The number of anilines is 1. The van der Waals surface area contributed by atoms with Gasteiger partial charge in [-0.05, 0) is 37.8 Å². The highest BCUT2D eigenvalue weighted by Gasteiger charge is 2.20. The minimum atomic E-state index is 0.594. The predicted octanol–water partition coefficient (Wildman–Crippen LogP) is 3.46. The van der Waals surface area contributed by atoms with Gasteiger partial charge in [0.25, 0.3) is 0 Å². The minimum absolute atomic E-state index is 0.594. The number of nitrogen functional groups attached to an aromatic ring is 1. The van der Waals surface area contributed by atoms with Crippen LogP contribution in [-0.4, -0.2) is 14.8 Å². The second kappa shape index (κ2) is 6.29. The van der Waals surface area contributed by atoms with Gasteiger partial charge in [-0.2, -0.15) is 0 Å². The van der Waals surface area contributed by atoms with Crippen molar-refractivity contribution in [2.24, 2.45) is 0 Å². The molecule has 0 atom stereocenters. The predicted molar refractivity (Wildman–Crippen MR) is 85.1 cm³/mol. The van der Waals surface area contributed by atoms with Crippen molar-refractivity contribution in [2.75, 3.05) is 5.73 Å². The van der Waals surface area contributed by atoms with E-state index in [1.807, 2.05) is 18.2 Å². The molecule has 1 aliphatic carbocycles. The molecule has 0 radical (unpaired) electrons. The van der Waals surface area contributed by atoms with Gasteiger partial charge in [0.05, 0.1) is 0 Å². The van der Waals surface area contributed by atoms with Crippen molar-refractivity contribution in [3.63, 3.8) is 0 Å². The van der Waals surface area contributed by atoms with Crippen molar-refractivity contribution in [3.05, 3.63) is 41.5 Å².